The first kappa shape index (κ1) is 18.3. The number of nitrogens with zero attached hydrogens (tertiary/aromatic N) is 2. The summed E-state index contributed by atoms with van der Waals surface area (Å²) in [5.74, 6) is 2.09. The van der Waals surface area contributed by atoms with Crippen molar-refractivity contribution in [3.8, 4) is 40.0 Å². The van der Waals surface area contributed by atoms with E-state index in [2.05, 4.69) is 9.97 Å². The number of nitrogen functional groups attached to an aromatic ring is 1. The number of phenolic OH excluding ortho intramolecular Hbond substituents is 1. The van der Waals surface area contributed by atoms with Crippen LogP contribution in [-0.4, -0.2) is 28.3 Å². The third-order valence-corrected chi connectivity index (χ3v) is 3.68. The Morgan fingerprint density at radius 2 is 1.70 bits per heavy atom. The number of phenols is 1. The van der Waals surface area contributed by atoms with Crippen molar-refractivity contribution >= 4 is 5.95 Å². The van der Waals surface area contributed by atoms with Crippen molar-refractivity contribution in [2.24, 2.45) is 0 Å². The molecule has 1 heterocycles. The molecule has 2 aromatic carbocycles. The van der Waals surface area contributed by atoms with Crippen molar-refractivity contribution in [3.63, 3.8) is 0 Å². The van der Waals surface area contributed by atoms with Crippen molar-refractivity contribution in [2.75, 3.05) is 18.9 Å². The lowest BCUT2D eigenvalue weighted by Gasteiger charge is -2.14. The van der Waals surface area contributed by atoms with E-state index in [1.54, 1.807) is 18.2 Å². The number of hydrogen-bond acceptors (Lipinski definition) is 7. The van der Waals surface area contributed by atoms with Crippen molar-refractivity contribution in [2.45, 2.75) is 13.8 Å². The van der Waals surface area contributed by atoms with Gasteiger partial charge in [0.15, 0.2) is 17.2 Å². The van der Waals surface area contributed by atoms with E-state index in [0.29, 0.717) is 47.5 Å². The molecule has 0 fully saturated rings. The van der Waals surface area contributed by atoms with E-state index in [0.717, 1.165) is 0 Å². The highest BCUT2D eigenvalue weighted by atomic mass is 16.5. The van der Waals surface area contributed by atoms with Crippen LogP contribution in [0.2, 0.25) is 0 Å². The van der Waals surface area contributed by atoms with E-state index in [1.165, 1.54) is 12.3 Å². The summed E-state index contributed by atoms with van der Waals surface area (Å²) in [5, 5.41) is 10.4. The first-order valence-electron chi connectivity index (χ1n) is 8.60. The molecule has 0 spiro atoms. The zero-order valence-corrected chi connectivity index (χ0v) is 15.2. The summed E-state index contributed by atoms with van der Waals surface area (Å²) in [6.45, 7) is 4.78. The van der Waals surface area contributed by atoms with E-state index >= 15 is 0 Å². The quantitative estimate of drug-likeness (QED) is 0.650. The van der Waals surface area contributed by atoms with Crippen LogP contribution in [0.4, 0.5) is 5.95 Å². The molecule has 3 N–H and O–H groups in total. The molecule has 3 aromatic rings. The second kappa shape index (κ2) is 8.27. The standard InChI is InChI=1S/C20H21N3O4/c1-3-25-13-9-10-14(15(24)11-13)19-18(12-22-20(21)23-19)27-17-8-6-5-7-16(17)26-4-2/h5-12,24H,3-4H2,1-2H3,(H2,21,22,23). The Balaban J connectivity index is 2.02. The highest BCUT2D eigenvalue weighted by Crippen LogP contribution is 2.40. The van der Waals surface area contributed by atoms with Crippen LogP contribution in [0.3, 0.4) is 0 Å². The summed E-state index contributed by atoms with van der Waals surface area (Å²) in [4.78, 5) is 8.26. The first-order chi connectivity index (χ1) is 13.1. The third-order valence-electron chi connectivity index (χ3n) is 3.68. The summed E-state index contributed by atoms with van der Waals surface area (Å²) in [6, 6.07) is 12.3. The second-order valence-corrected chi connectivity index (χ2v) is 5.53. The van der Waals surface area contributed by atoms with Gasteiger partial charge in [0, 0.05) is 11.6 Å². The predicted molar refractivity (Wildman–Crippen MR) is 102 cm³/mol. The van der Waals surface area contributed by atoms with Crippen LogP contribution < -0.4 is 19.9 Å². The smallest absolute Gasteiger partial charge is 0.220 e. The minimum absolute atomic E-state index is 0.00185. The fraction of sp³-hybridized carbons (Fsp3) is 0.200. The fourth-order valence-electron chi connectivity index (χ4n) is 2.55. The molecule has 3 rings (SSSR count). The molecule has 0 aliphatic rings. The number of ether oxygens (including phenoxy) is 3. The van der Waals surface area contributed by atoms with Crippen LogP contribution in [0, 0.1) is 0 Å². The largest absolute Gasteiger partial charge is 0.507 e. The molecular formula is C20H21N3O4. The van der Waals surface area contributed by atoms with E-state index in [4.69, 9.17) is 19.9 Å². The average molecular weight is 367 g/mol. The van der Waals surface area contributed by atoms with Crippen LogP contribution >= 0.6 is 0 Å². The van der Waals surface area contributed by atoms with E-state index < -0.39 is 0 Å². The van der Waals surface area contributed by atoms with Gasteiger partial charge >= 0.3 is 0 Å². The molecule has 27 heavy (non-hydrogen) atoms. The summed E-state index contributed by atoms with van der Waals surface area (Å²) < 4.78 is 17.0. The van der Waals surface area contributed by atoms with Crippen molar-refractivity contribution in [1.29, 1.82) is 0 Å². The number of rotatable bonds is 7. The zero-order valence-electron chi connectivity index (χ0n) is 15.2. The fourth-order valence-corrected chi connectivity index (χ4v) is 2.55. The summed E-state index contributed by atoms with van der Waals surface area (Å²) in [6.07, 6.45) is 1.47. The second-order valence-electron chi connectivity index (χ2n) is 5.53. The minimum Gasteiger partial charge on any atom is -0.507 e. The average Bonchev–Trinajstić information content (AvgIpc) is 2.65. The third kappa shape index (κ3) is 4.20. The SMILES string of the molecule is CCOc1ccc(-c2nc(N)ncc2Oc2ccccc2OCC)c(O)c1. The van der Waals surface area contributed by atoms with Gasteiger partial charge < -0.3 is 25.1 Å². The number of para-hydroxylation sites is 2. The van der Waals surface area contributed by atoms with Crippen molar-refractivity contribution in [1.82, 2.24) is 9.97 Å². The Kier molecular flexibility index (Phi) is 5.61. The monoisotopic (exact) mass is 367 g/mol. The maximum atomic E-state index is 10.4. The summed E-state index contributed by atoms with van der Waals surface area (Å²) >= 11 is 0. The lowest BCUT2D eigenvalue weighted by atomic mass is 10.1. The predicted octanol–water partition coefficient (Wildman–Crippen LogP) is 4.02. The van der Waals surface area contributed by atoms with Crippen LogP contribution in [-0.2, 0) is 0 Å². The summed E-state index contributed by atoms with van der Waals surface area (Å²) in [7, 11) is 0. The van der Waals surface area contributed by atoms with Gasteiger partial charge in [0.25, 0.3) is 0 Å². The number of hydrogen-bond donors (Lipinski definition) is 2. The molecule has 0 unspecified atom stereocenters. The number of benzene rings is 2. The lowest BCUT2D eigenvalue weighted by Crippen LogP contribution is -2.01. The topological polar surface area (TPSA) is 99.7 Å². The lowest BCUT2D eigenvalue weighted by molar-refractivity contribution is 0.321. The molecule has 0 amide bonds. The molecule has 0 atom stereocenters. The Hall–Kier alpha value is -3.48. The molecule has 1 aromatic heterocycles. The van der Waals surface area contributed by atoms with Gasteiger partial charge in [0.05, 0.1) is 19.4 Å². The molecule has 0 saturated heterocycles. The van der Waals surface area contributed by atoms with Gasteiger partial charge in [-0.1, -0.05) is 12.1 Å². The van der Waals surface area contributed by atoms with Gasteiger partial charge in [-0.25, -0.2) is 9.97 Å². The van der Waals surface area contributed by atoms with Gasteiger partial charge in [0.1, 0.15) is 17.2 Å². The zero-order chi connectivity index (χ0) is 19.2. The van der Waals surface area contributed by atoms with Crippen LogP contribution in [0.25, 0.3) is 11.3 Å². The molecule has 0 saturated carbocycles. The number of aromatic nitrogens is 2. The normalized spacial score (nSPS) is 10.4. The molecule has 0 radical (unpaired) electrons. The maximum Gasteiger partial charge on any atom is 0.220 e. The Bertz CT molecular complexity index is 931. The Labute approximate surface area is 157 Å². The highest BCUT2D eigenvalue weighted by molar-refractivity contribution is 5.73. The van der Waals surface area contributed by atoms with Crippen molar-refractivity contribution < 1.29 is 19.3 Å². The van der Waals surface area contributed by atoms with Crippen LogP contribution in [0.1, 0.15) is 13.8 Å². The van der Waals surface area contributed by atoms with Crippen molar-refractivity contribution in [3.05, 3.63) is 48.7 Å². The van der Waals surface area contributed by atoms with E-state index in [1.807, 2.05) is 32.0 Å². The van der Waals surface area contributed by atoms with Crippen LogP contribution in [0.5, 0.6) is 28.7 Å². The Morgan fingerprint density at radius 1 is 0.963 bits per heavy atom. The van der Waals surface area contributed by atoms with E-state index in [-0.39, 0.29) is 11.7 Å². The van der Waals surface area contributed by atoms with Gasteiger partial charge in [-0.05, 0) is 38.1 Å². The molecule has 0 bridgehead atoms. The van der Waals surface area contributed by atoms with Gasteiger partial charge in [0.2, 0.25) is 5.95 Å². The van der Waals surface area contributed by atoms with Crippen LogP contribution in [0.15, 0.2) is 48.7 Å². The first-order valence-corrected chi connectivity index (χ1v) is 8.60. The number of anilines is 1. The van der Waals surface area contributed by atoms with Gasteiger partial charge in [-0.2, -0.15) is 0 Å². The molecule has 7 heteroatoms. The van der Waals surface area contributed by atoms with Gasteiger partial charge in [-0.15, -0.1) is 0 Å². The molecule has 140 valence electrons. The number of aromatic hydroxyl groups is 1. The number of nitrogens with two attached hydrogens (primary N) is 1. The Morgan fingerprint density at radius 3 is 2.41 bits per heavy atom. The molecular weight excluding hydrogens is 346 g/mol. The maximum absolute atomic E-state index is 10.4. The molecule has 0 aliphatic heterocycles. The minimum atomic E-state index is 0.00185. The summed E-state index contributed by atoms with van der Waals surface area (Å²) in [5.41, 5.74) is 6.58. The molecule has 7 nitrogen and oxygen atoms in total. The van der Waals surface area contributed by atoms with E-state index in [9.17, 15) is 5.11 Å². The van der Waals surface area contributed by atoms with Gasteiger partial charge in [-0.3, -0.25) is 0 Å². The molecule has 0 aliphatic carbocycles. The highest BCUT2D eigenvalue weighted by Gasteiger charge is 2.17.